The van der Waals surface area contributed by atoms with E-state index in [1.54, 1.807) is 6.20 Å². The predicted molar refractivity (Wildman–Crippen MR) is 78.8 cm³/mol. The first-order valence-electron chi connectivity index (χ1n) is 7.33. The number of nitrogens with zero attached hydrogens (tertiary/aromatic N) is 3. The SMILES string of the molecule is Cc1cc2c(NCC3(O)CCCC(C)C3)nccn2n1. The Morgan fingerprint density at radius 1 is 1.55 bits per heavy atom. The summed E-state index contributed by atoms with van der Waals surface area (Å²) in [5, 5.41) is 18.3. The van der Waals surface area contributed by atoms with E-state index in [2.05, 4.69) is 22.3 Å². The molecule has 20 heavy (non-hydrogen) atoms. The van der Waals surface area contributed by atoms with Crippen LogP contribution in [0.5, 0.6) is 0 Å². The molecule has 2 aromatic heterocycles. The first-order valence-corrected chi connectivity index (χ1v) is 7.33. The molecule has 1 fully saturated rings. The van der Waals surface area contributed by atoms with Gasteiger partial charge in [0.15, 0.2) is 5.82 Å². The Morgan fingerprint density at radius 3 is 3.20 bits per heavy atom. The van der Waals surface area contributed by atoms with Gasteiger partial charge in [-0.1, -0.05) is 19.8 Å². The lowest BCUT2D eigenvalue weighted by Gasteiger charge is -2.35. The average Bonchev–Trinajstić information content (AvgIpc) is 2.77. The zero-order valence-electron chi connectivity index (χ0n) is 12.1. The molecule has 1 aliphatic carbocycles. The quantitative estimate of drug-likeness (QED) is 0.902. The van der Waals surface area contributed by atoms with Crippen LogP contribution in [-0.4, -0.2) is 31.9 Å². The van der Waals surface area contributed by atoms with Gasteiger partial charge in [0.05, 0.1) is 11.3 Å². The minimum atomic E-state index is -0.610. The van der Waals surface area contributed by atoms with Gasteiger partial charge in [0.25, 0.3) is 0 Å². The Bertz CT molecular complexity index is 609. The van der Waals surface area contributed by atoms with Crippen molar-refractivity contribution in [1.29, 1.82) is 0 Å². The van der Waals surface area contributed by atoms with Crippen LogP contribution in [0.4, 0.5) is 5.82 Å². The topological polar surface area (TPSA) is 62.5 Å². The number of fused-ring (bicyclic) bond motifs is 1. The molecule has 108 valence electrons. The van der Waals surface area contributed by atoms with Crippen LogP contribution in [0.25, 0.3) is 5.52 Å². The Labute approximate surface area is 119 Å². The normalized spacial score (nSPS) is 26.9. The lowest BCUT2D eigenvalue weighted by Crippen LogP contribution is -2.41. The van der Waals surface area contributed by atoms with Gasteiger partial charge in [-0.3, -0.25) is 0 Å². The fourth-order valence-electron chi connectivity index (χ4n) is 3.22. The van der Waals surface area contributed by atoms with Crippen LogP contribution in [0.2, 0.25) is 0 Å². The first-order chi connectivity index (χ1) is 9.56. The molecule has 0 radical (unpaired) electrons. The van der Waals surface area contributed by atoms with Gasteiger partial charge < -0.3 is 10.4 Å². The van der Waals surface area contributed by atoms with Crippen LogP contribution in [0.1, 0.15) is 38.3 Å². The van der Waals surface area contributed by atoms with Crippen LogP contribution in [0, 0.1) is 12.8 Å². The highest BCUT2D eigenvalue weighted by Crippen LogP contribution is 2.32. The van der Waals surface area contributed by atoms with Crippen molar-refractivity contribution in [3.63, 3.8) is 0 Å². The summed E-state index contributed by atoms with van der Waals surface area (Å²) < 4.78 is 1.82. The molecule has 2 atom stereocenters. The third-order valence-electron chi connectivity index (χ3n) is 4.16. The van der Waals surface area contributed by atoms with Gasteiger partial charge in [0.1, 0.15) is 5.52 Å². The number of aromatic nitrogens is 3. The fourth-order valence-corrected chi connectivity index (χ4v) is 3.22. The van der Waals surface area contributed by atoms with Gasteiger partial charge in [0.2, 0.25) is 0 Å². The molecule has 2 aromatic rings. The number of aliphatic hydroxyl groups is 1. The number of aryl methyl sites for hydroxylation is 1. The van der Waals surface area contributed by atoms with Crippen LogP contribution in [-0.2, 0) is 0 Å². The molecule has 2 N–H and O–H groups in total. The van der Waals surface area contributed by atoms with Crippen LogP contribution >= 0.6 is 0 Å². The molecule has 1 aliphatic rings. The zero-order valence-corrected chi connectivity index (χ0v) is 12.1. The first kappa shape index (κ1) is 13.4. The van der Waals surface area contributed by atoms with Crippen molar-refractivity contribution in [3.8, 4) is 0 Å². The Kier molecular flexibility index (Phi) is 3.38. The number of rotatable bonds is 3. The third kappa shape index (κ3) is 2.63. The number of nitrogens with one attached hydrogen (secondary N) is 1. The largest absolute Gasteiger partial charge is 0.388 e. The molecule has 2 unspecified atom stereocenters. The van der Waals surface area contributed by atoms with Crippen molar-refractivity contribution in [2.24, 2.45) is 5.92 Å². The third-order valence-corrected chi connectivity index (χ3v) is 4.16. The highest BCUT2D eigenvalue weighted by Gasteiger charge is 2.32. The van der Waals surface area contributed by atoms with E-state index in [1.807, 2.05) is 23.7 Å². The average molecular weight is 274 g/mol. The molecular weight excluding hydrogens is 252 g/mol. The maximum Gasteiger partial charge on any atom is 0.152 e. The lowest BCUT2D eigenvalue weighted by atomic mass is 9.79. The van der Waals surface area contributed by atoms with Gasteiger partial charge in [-0.15, -0.1) is 0 Å². The molecule has 0 amide bonds. The minimum Gasteiger partial charge on any atom is -0.388 e. The van der Waals surface area contributed by atoms with Crippen molar-refractivity contribution in [2.75, 3.05) is 11.9 Å². The van der Waals surface area contributed by atoms with Crippen molar-refractivity contribution in [1.82, 2.24) is 14.6 Å². The molecule has 0 bridgehead atoms. The smallest absolute Gasteiger partial charge is 0.152 e. The maximum atomic E-state index is 10.7. The van der Waals surface area contributed by atoms with Crippen molar-refractivity contribution >= 4 is 11.3 Å². The van der Waals surface area contributed by atoms with Gasteiger partial charge in [-0.2, -0.15) is 5.10 Å². The summed E-state index contributed by atoms with van der Waals surface area (Å²) in [6, 6.07) is 2.00. The fraction of sp³-hybridized carbons (Fsp3) is 0.600. The molecule has 1 saturated carbocycles. The number of hydrogen-bond acceptors (Lipinski definition) is 4. The minimum absolute atomic E-state index is 0.550. The highest BCUT2D eigenvalue weighted by molar-refractivity contribution is 5.67. The predicted octanol–water partition coefficient (Wildman–Crippen LogP) is 2.39. The van der Waals surface area contributed by atoms with Crippen LogP contribution < -0.4 is 5.32 Å². The summed E-state index contributed by atoms with van der Waals surface area (Å²) in [7, 11) is 0. The van der Waals surface area contributed by atoms with E-state index >= 15 is 0 Å². The molecular formula is C15H22N4O. The van der Waals surface area contributed by atoms with Crippen molar-refractivity contribution in [2.45, 2.75) is 45.1 Å². The summed E-state index contributed by atoms with van der Waals surface area (Å²) in [5.74, 6) is 1.39. The van der Waals surface area contributed by atoms with Crippen molar-refractivity contribution in [3.05, 3.63) is 24.2 Å². The Balaban J connectivity index is 1.76. The van der Waals surface area contributed by atoms with Crippen molar-refractivity contribution < 1.29 is 5.11 Å². The molecule has 0 saturated heterocycles. The summed E-state index contributed by atoms with van der Waals surface area (Å²) in [6.07, 6.45) is 7.62. The standard InChI is InChI=1S/C15H22N4O/c1-11-4-3-5-15(20,9-11)10-17-14-13-8-12(2)18-19(13)7-6-16-14/h6-8,11,20H,3-5,9-10H2,1-2H3,(H,16,17). The number of hydrogen-bond donors (Lipinski definition) is 2. The zero-order chi connectivity index (χ0) is 14.2. The van der Waals surface area contributed by atoms with Gasteiger partial charge in [-0.25, -0.2) is 9.50 Å². The second kappa shape index (κ2) is 5.05. The molecule has 5 heteroatoms. The molecule has 3 rings (SSSR count). The second-order valence-corrected chi connectivity index (χ2v) is 6.17. The van der Waals surface area contributed by atoms with E-state index in [0.29, 0.717) is 12.5 Å². The van der Waals surface area contributed by atoms with Gasteiger partial charge in [-0.05, 0) is 31.7 Å². The molecule has 5 nitrogen and oxygen atoms in total. The Hall–Kier alpha value is -1.62. The highest BCUT2D eigenvalue weighted by atomic mass is 16.3. The van der Waals surface area contributed by atoms with Gasteiger partial charge in [0, 0.05) is 18.9 Å². The number of anilines is 1. The monoisotopic (exact) mass is 274 g/mol. The summed E-state index contributed by atoms with van der Waals surface area (Å²) in [5.41, 5.74) is 1.31. The second-order valence-electron chi connectivity index (χ2n) is 6.17. The molecule has 2 heterocycles. The maximum absolute atomic E-state index is 10.7. The van der Waals surface area contributed by atoms with Crippen LogP contribution in [0.15, 0.2) is 18.5 Å². The Morgan fingerprint density at radius 2 is 2.40 bits per heavy atom. The van der Waals surface area contributed by atoms with Crippen LogP contribution in [0.3, 0.4) is 0 Å². The van der Waals surface area contributed by atoms with E-state index < -0.39 is 5.60 Å². The molecule has 0 aromatic carbocycles. The summed E-state index contributed by atoms with van der Waals surface area (Å²) >= 11 is 0. The van der Waals surface area contributed by atoms with E-state index in [9.17, 15) is 5.11 Å². The molecule has 0 aliphatic heterocycles. The van der Waals surface area contributed by atoms with Gasteiger partial charge >= 0.3 is 0 Å². The van der Waals surface area contributed by atoms with E-state index in [1.165, 1.54) is 6.42 Å². The van der Waals surface area contributed by atoms with E-state index in [-0.39, 0.29) is 0 Å². The van der Waals surface area contributed by atoms with E-state index in [4.69, 9.17) is 0 Å². The van der Waals surface area contributed by atoms with E-state index in [0.717, 1.165) is 36.3 Å². The molecule has 0 spiro atoms. The summed E-state index contributed by atoms with van der Waals surface area (Å²) in [4.78, 5) is 4.37. The lowest BCUT2D eigenvalue weighted by molar-refractivity contribution is -0.000806. The summed E-state index contributed by atoms with van der Waals surface area (Å²) in [6.45, 7) is 4.73.